The van der Waals surface area contributed by atoms with Crippen molar-refractivity contribution in [3.05, 3.63) is 84.4 Å². The van der Waals surface area contributed by atoms with E-state index in [0.29, 0.717) is 17.9 Å². The van der Waals surface area contributed by atoms with Crippen LogP contribution in [-0.2, 0) is 16.0 Å². The molecule has 0 bridgehead atoms. The fraction of sp³-hybridized carbons (Fsp3) is 0.387. The summed E-state index contributed by atoms with van der Waals surface area (Å²) < 4.78 is 12.0. The summed E-state index contributed by atoms with van der Waals surface area (Å²) >= 11 is 0. The van der Waals surface area contributed by atoms with Crippen LogP contribution in [0.5, 0.6) is 5.75 Å². The molecule has 0 radical (unpaired) electrons. The Morgan fingerprint density at radius 1 is 0.946 bits per heavy atom. The lowest BCUT2D eigenvalue weighted by Crippen LogP contribution is -2.50. The minimum absolute atomic E-state index is 0.0590. The number of methoxy groups -OCH3 is 1. The van der Waals surface area contributed by atoms with Crippen LogP contribution in [0.25, 0.3) is 0 Å². The van der Waals surface area contributed by atoms with Crippen LogP contribution >= 0.6 is 0 Å². The summed E-state index contributed by atoms with van der Waals surface area (Å²) in [6.45, 7) is 7.31. The van der Waals surface area contributed by atoms with E-state index < -0.39 is 8.07 Å². The molecule has 3 aromatic carbocycles. The molecule has 4 atom stereocenters. The Morgan fingerprint density at radius 3 is 2.30 bits per heavy atom. The number of anilines is 2. The molecule has 0 aromatic heterocycles. The lowest BCUT2D eigenvalue weighted by molar-refractivity contribution is -0.106. The van der Waals surface area contributed by atoms with Gasteiger partial charge in [0, 0.05) is 18.0 Å². The van der Waals surface area contributed by atoms with Crippen LogP contribution < -0.4 is 14.8 Å². The Hall–Kier alpha value is -2.93. The first kappa shape index (κ1) is 27.1. The SMILES string of the molecule is COc1ccc([Si](C)(C)[C@@H]2[C@@H](C)[C@@H](CCc3cccc(N(C=O)c4ccccc4)c3)O[C@H]2CCO)cc1. The second-order valence-corrected chi connectivity index (χ2v) is 15.3. The molecule has 0 spiro atoms. The predicted molar refractivity (Wildman–Crippen MR) is 153 cm³/mol. The highest BCUT2D eigenvalue weighted by Crippen LogP contribution is 2.46. The average Bonchev–Trinajstić information content (AvgIpc) is 3.24. The number of nitrogens with zero attached hydrogens (tertiary/aromatic N) is 1. The van der Waals surface area contributed by atoms with E-state index in [2.05, 4.69) is 44.3 Å². The van der Waals surface area contributed by atoms with Gasteiger partial charge in [0.15, 0.2) is 0 Å². The van der Waals surface area contributed by atoms with Gasteiger partial charge in [-0.05, 0) is 72.7 Å². The number of carbonyl (C=O) groups excluding carboxylic acids is 1. The van der Waals surface area contributed by atoms with Gasteiger partial charge in [0.25, 0.3) is 0 Å². The first-order valence-electron chi connectivity index (χ1n) is 13.2. The molecule has 1 heterocycles. The molecular formula is C31H39NO4Si. The van der Waals surface area contributed by atoms with Gasteiger partial charge < -0.3 is 14.6 Å². The number of ether oxygens (including phenoxy) is 2. The van der Waals surface area contributed by atoms with Gasteiger partial charge >= 0.3 is 0 Å². The van der Waals surface area contributed by atoms with Gasteiger partial charge in [0.1, 0.15) is 5.75 Å². The van der Waals surface area contributed by atoms with Crippen LogP contribution in [0, 0.1) is 5.92 Å². The summed E-state index contributed by atoms with van der Waals surface area (Å²) in [5, 5.41) is 11.2. The first-order chi connectivity index (χ1) is 17.9. The van der Waals surface area contributed by atoms with E-state index in [9.17, 15) is 9.90 Å². The number of para-hydroxylation sites is 1. The summed E-state index contributed by atoms with van der Waals surface area (Å²) in [6, 6.07) is 26.4. The van der Waals surface area contributed by atoms with E-state index >= 15 is 0 Å². The second-order valence-electron chi connectivity index (χ2n) is 10.6. The Kier molecular flexibility index (Phi) is 8.85. The molecule has 1 aliphatic heterocycles. The van der Waals surface area contributed by atoms with Crippen molar-refractivity contribution in [1.29, 1.82) is 0 Å². The smallest absolute Gasteiger partial charge is 0.218 e. The maximum absolute atomic E-state index is 11.9. The zero-order chi connectivity index (χ0) is 26.4. The second kappa shape index (κ2) is 12.1. The number of hydrogen-bond donors (Lipinski definition) is 1. The number of hydrogen-bond acceptors (Lipinski definition) is 4. The van der Waals surface area contributed by atoms with E-state index in [0.717, 1.165) is 36.4 Å². The highest BCUT2D eigenvalue weighted by atomic mass is 28.3. The topological polar surface area (TPSA) is 59.0 Å². The van der Waals surface area contributed by atoms with E-state index in [1.807, 2.05) is 54.6 Å². The maximum atomic E-state index is 11.9. The van der Waals surface area contributed by atoms with Crippen molar-refractivity contribution < 1.29 is 19.4 Å². The molecule has 6 heteroatoms. The van der Waals surface area contributed by atoms with Crippen molar-refractivity contribution >= 4 is 31.0 Å². The van der Waals surface area contributed by atoms with Crippen LogP contribution in [0.15, 0.2) is 78.9 Å². The monoisotopic (exact) mass is 517 g/mol. The molecule has 1 aliphatic rings. The van der Waals surface area contributed by atoms with Gasteiger partial charge in [-0.15, -0.1) is 0 Å². The van der Waals surface area contributed by atoms with Crippen molar-refractivity contribution in [2.75, 3.05) is 18.6 Å². The molecule has 196 valence electrons. The Morgan fingerprint density at radius 2 is 1.65 bits per heavy atom. The van der Waals surface area contributed by atoms with Gasteiger partial charge in [0.05, 0.1) is 27.4 Å². The van der Waals surface area contributed by atoms with Gasteiger partial charge in [-0.3, -0.25) is 9.69 Å². The number of benzene rings is 3. The van der Waals surface area contributed by atoms with Gasteiger partial charge in [-0.1, -0.05) is 67.7 Å². The number of aryl methyl sites for hydroxylation is 1. The molecule has 5 nitrogen and oxygen atoms in total. The number of rotatable bonds is 11. The Bertz CT molecular complexity index is 1150. The molecule has 4 rings (SSSR count). The first-order valence-corrected chi connectivity index (χ1v) is 16.3. The third-order valence-corrected chi connectivity index (χ3v) is 12.4. The maximum Gasteiger partial charge on any atom is 0.218 e. The van der Waals surface area contributed by atoms with Crippen molar-refractivity contribution in [2.45, 2.75) is 57.0 Å². The molecule has 37 heavy (non-hydrogen) atoms. The molecule has 3 aromatic rings. The van der Waals surface area contributed by atoms with Crippen molar-refractivity contribution in [3.8, 4) is 5.75 Å². The van der Waals surface area contributed by atoms with Gasteiger partial charge in [-0.25, -0.2) is 0 Å². The third kappa shape index (κ3) is 5.98. The number of aliphatic hydroxyl groups is 1. The minimum atomic E-state index is -1.90. The molecule has 1 amide bonds. The minimum Gasteiger partial charge on any atom is -0.497 e. The molecule has 0 saturated carbocycles. The third-order valence-electron chi connectivity index (χ3n) is 8.03. The number of carbonyl (C=O) groups is 1. The highest BCUT2D eigenvalue weighted by Gasteiger charge is 2.50. The lowest BCUT2D eigenvalue weighted by Gasteiger charge is -2.36. The molecule has 1 saturated heterocycles. The largest absolute Gasteiger partial charge is 0.497 e. The molecule has 0 aliphatic carbocycles. The molecule has 1 fully saturated rings. The van der Waals surface area contributed by atoms with E-state index in [1.165, 1.54) is 10.8 Å². The molecule has 0 unspecified atom stereocenters. The molecular weight excluding hydrogens is 478 g/mol. The van der Waals surface area contributed by atoms with Crippen LogP contribution in [0.4, 0.5) is 11.4 Å². The summed E-state index contributed by atoms with van der Waals surface area (Å²) in [4.78, 5) is 13.6. The quantitative estimate of drug-likeness (QED) is 0.262. The Labute approximate surface area is 222 Å². The van der Waals surface area contributed by atoms with E-state index in [4.69, 9.17) is 9.47 Å². The van der Waals surface area contributed by atoms with Gasteiger partial charge in [-0.2, -0.15) is 0 Å². The van der Waals surface area contributed by atoms with Gasteiger partial charge in [0.2, 0.25) is 6.41 Å². The standard InChI is InChI=1S/C31H39NO4Si/c1-23-29(18-13-24-9-8-12-26(21-24)32(22-34)25-10-6-5-7-11-25)36-30(19-20-33)31(23)37(3,4)28-16-14-27(35-2)15-17-28/h5-12,14-17,21-23,29-31,33H,13,18-20H2,1-4H3/t23-,29+,30-,31+/m0/s1. The normalized spacial score (nSPS) is 21.5. The summed E-state index contributed by atoms with van der Waals surface area (Å²) in [7, 11) is -0.204. The zero-order valence-corrected chi connectivity index (χ0v) is 23.3. The van der Waals surface area contributed by atoms with Crippen molar-refractivity contribution in [1.82, 2.24) is 0 Å². The van der Waals surface area contributed by atoms with E-state index in [-0.39, 0.29) is 18.8 Å². The van der Waals surface area contributed by atoms with Crippen LogP contribution in [-0.4, -0.2) is 45.5 Å². The average molecular weight is 518 g/mol. The fourth-order valence-electron chi connectivity index (χ4n) is 6.07. The van der Waals surface area contributed by atoms with E-state index in [1.54, 1.807) is 12.0 Å². The number of amides is 1. The predicted octanol–water partition coefficient (Wildman–Crippen LogP) is 5.69. The zero-order valence-electron chi connectivity index (χ0n) is 22.3. The van der Waals surface area contributed by atoms with Crippen molar-refractivity contribution in [3.63, 3.8) is 0 Å². The summed E-state index contributed by atoms with van der Waals surface area (Å²) in [5.41, 5.74) is 3.31. The van der Waals surface area contributed by atoms with Crippen LogP contribution in [0.2, 0.25) is 18.6 Å². The Balaban J connectivity index is 1.49. The fourth-order valence-corrected chi connectivity index (χ4v) is 10.2. The highest BCUT2D eigenvalue weighted by molar-refractivity contribution is 6.91. The number of aliphatic hydroxyl groups excluding tert-OH is 1. The van der Waals surface area contributed by atoms with Crippen LogP contribution in [0.1, 0.15) is 25.3 Å². The lowest BCUT2D eigenvalue weighted by atomic mass is 9.95. The van der Waals surface area contributed by atoms with Crippen molar-refractivity contribution in [2.24, 2.45) is 5.92 Å². The summed E-state index contributed by atoms with van der Waals surface area (Å²) in [6.07, 6.45) is 3.50. The van der Waals surface area contributed by atoms with Crippen LogP contribution in [0.3, 0.4) is 0 Å². The molecule has 1 N–H and O–H groups in total. The summed E-state index contributed by atoms with van der Waals surface area (Å²) in [5.74, 6) is 1.26.